The van der Waals surface area contributed by atoms with Crippen LogP contribution in [-0.4, -0.2) is 7.11 Å². The van der Waals surface area contributed by atoms with E-state index in [9.17, 15) is 0 Å². The van der Waals surface area contributed by atoms with E-state index in [1.165, 1.54) is 11.1 Å². The van der Waals surface area contributed by atoms with Gasteiger partial charge in [0.2, 0.25) is 0 Å². The number of hydrogen-bond donors (Lipinski definition) is 0. The van der Waals surface area contributed by atoms with E-state index in [2.05, 4.69) is 32.0 Å². The number of methoxy groups -OCH3 is 1. The standard InChI is InChI=1S/C13H15NO/c1-8-4-9(2)13(15-3)12(5-8)11-6-10(11)7-14/h4-5,10-11H,6H2,1-3H3. The smallest absolute Gasteiger partial charge is 0.125 e. The Bertz CT molecular complexity index is 431. The molecule has 0 aliphatic heterocycles. The molecule has 2 atom stereocenters. The lowest BCUT2D eigenvalue weighted by Gasteiger charge is -2.12. The zero-order valence-corrected chi connectivity index (χ0v) is 9.37. The van der Waals surface area contributed by atoms with E-state index < -0.39 is 0 Å². The number of benzene rings is 1. The molecule has 0 N–H and O–H groups in total. The van der Waals surface area contributed by atoms with E-state index in [4.69, 9.17) is 10.00 Å². The summed E-state index contributed by atoms with van der Waals surface area (Å²) >= 11 is 0. The van der Waals surface area contributed by atoms with Gasteiger partial charge in [-0.3, -0.25) is 0 Å². The summed E-state index contributed by atoms with van der Waals surface area (Å²) in [7, 11) is 1.70. The van der Waals surface area contributed by atoms with E-state index in [0.29, 0.717) is 5.92 Å². The molecular weight excluding hydrogens is 186 g/mol. The minimum atomic E-state index is 0.195. The van der Waals surface area contributed by atoms with Crippen molar-refractivity contribution in [3.05, 3.63) is 28.8 Å². The topological polar surface area (TPSA) is 33.0 Å². The van der Waals surface area contributed by atoms with E-state index in [0.717, 1.165) is 17.7 Å². The van der Waals surface area contributed by atoms with Crippen LogP contribution >= 0.6 is 0 Å². The van der Waals surface area contributed by atoms with Crippen molar-refractivity contribution in [3.8, 4) is 11.8 Å². The average Bonchev–Trinajstić information content (AvgIpc) is 2.95. The van der Waals surface area contributed by atoms with Gasteiger partial charge in [-0.1, -0.05) is 17.7 Å². The molecule has 0 spiro atoms. The lowest BCUT2D eigenvalue weighted by atomic mass is 10.0. The summed E-state index contributed by atoms with van der Waals surface area (Å²) in [5, 5.41) is 8.85. The van der Waals surface area contributed by atoms with Gasteiger partial charge >= 0.3 is 0 Å². The van der Waals surface area contributed by atoms with Gasteiger partial charge in [-0.25, -0.2) is 0 Å². The predicted molar refractivity (Wildman–Crippen MR) is 58.9 cm³/mol. The SMILES string of the molecule is COc1c(C)cc(C)cc1C1CC1C#N. The summed E-state index contributed by atoms with van der Waals surface area (Å²) < 4.78 is 5.42. The molecule has 0 heterocycles. The predicted octanol–water partition coefficient (Wildman–Crippen LogP) is 2.94. The van der Waals surface area contributed by atoms with Gasteiger partial charge in [0.1, 0.15) is 5.75 Å². The third kappa shape index (κ3) is 1.70. The van der Waals surface area contributed by atoms with Crippen LogP contribution in [0.3, 0.4) is 0 Å². The Kier molecular flexibility index (Phi) is 2.40. The van der Waals surface area contributed by atoms with Crippen molar-refractivity contribution in [1.29, 1.82) is 5.26 Å². The molecule has 1 fully saturated rings. The van der Waals surface area contributed by atoms with Gasteiger partial charge in [-0.2, -0.15) is 5.26 Å². The first-order chi connectivity index (χ1) is 7.17. The summed E-state index contributed by atoms with van der Waals surface area (Å²) in [6.07, 6.45) is 0.982. The molecule has 1 aliphatic rings. The van der Waals surface area contributed by atoms with Gasteiger partial charge in [0.25, 0.3) is 0 Å². The fraction of sp³-hybridized carbons (Fsp3) is 0.462. The largest absolute Gasteiger partial charge is 0.496 e. The minimum Gasteiger partial charge on any atom is -0.496 e. The van der Waals surface area contributed by atoms with E-state index in [1.54, 1.807) is 7.11 Å². The zero-order chi connectivity index (χ0) is 11.0. The Hall–Kier alpha value is -1.49. The van der Waals surface area contributed by atoms with Crippen molar-refractivity contribution in [2.75, 3.05) is 7.11 Å². The second kappa shape index (κ2) is 3.58. The highest BCUT2D eigenvalue weighted by Gasteiger charge is 2.40. The minimum absolute atomic E-state index is 0.195. The first-order valence-corrected chi connectivity index (χ1v) is 5.22. The van der Waals surface area contributed by atoms with Crippen molar-refractivity contribution >= 4 is 0 Å². The Balaban J connectivity index is 2.42. The van der Waals surface area contributed by atoms with E-state index in [1.807, 2.05) is 0 Å². The maximum absolute atomic E-state index is 8.85. The van der Waals surface area contributed by atoms with E-state index in [-0.39, 0.29) is 5.92 Å². The van der Waals surface area contributed by atoms with Crippen LogP contribution in [0.4, 0.5) is 0 Å². The molecule has 15 heavy (non-hydrogen) atoms. The number of nitrogens with zero attached hydrogens (tertiary/aromatic N) is 1. The van der Waals surface area contributed by atoms with Gasteiger partial charge in [-0.15, -0.1) is 0 Å². The highest BCUT2D eigenvalue weighted by atomic mass is 16.5. The fourth-order valence-electron chi connectivity index (χ4n) is 2.22. The molecule has 0 saturated heterocycles. The van der Waals surface area contributed by atoms with Gasteiger partial charge in [0.15, 0.2) is 0 Å². The first-order valence-electron chi connectivity index (χ1n) is 5.22. The van der Waals surface area contributed by atoms with Gasteiger partial charge < -0.3 is 4.74 Å². The molecule has 2 heteroatoms. The van der Waals surface area contributed by atoms with Crippen molar-refractivity contribution < 1.29 is 4.74 Å². The van der Waals surface area contributed by atoms with Crippen LogP contribution in [-0.2, 0) is 0 Å². The Morgan fingerprint density at radius 3 is 2.67 bits per heavy atom. The quantitative estimate of drug-likeness (QED) is 0.737. The van der Waals surface area contributed by atoms with Crippen molar-refractivity contribution in [2.45, 2.75) is 26.2 Å². The summed E-state index contributed by atoms with van der Waals surface area (Å²) in [6.45, 7) is 4.14. The molecule has 1 aromatic rings. The van der Waals surface area contributed by atoms with E-state index >= 15 is 0 Å². The molecule has 1 aromatic carbocycles. The van der Waals surface area contributed by atoms with Gasteiger partial charge in [0.05, 0.1) is 19.1 Å². The van der Waals surface area contributed by atoms with Crippen molar-refractivity contribution in [1.82, 2.24) is 0 Å². The van der Waals surface area contributed by atoms with Crippen LogP contribution in [0, 0.1) is 31.1 Å². The molecule has 2 rings (SSSR count). The summed E-state index contributed by atoms with van der Waals surface area (Å²) in [5.41, 5.74) is 3.62. The lowest BCUT2D eigenvalue weighted by Crippen LogP contribution is -1.95. The summed E-state index contributed by atoms with van der Waals surface area (Å²) in [5.74, 6) is 1.55. The molecule has 1 aliphatic carbocycles. The number of aryl methyl sites for hydroxylation is 2. The third-order valence-corrected chi connectivity index (χ3v) is 3.01. The van der Waals surface area contributed by atoms with Crippen LogP contribution in [0.2, 0.25) is 0 Å². The van der Waals surface area contributed by atoms with Crippen LogP contribution in [0.25, 0.3) is 0 Å². The molecule has 2 nitrogen and oxygen atoms in total. The van der Waals surface area contributed by atoms with Crippen LogP contribution in [0.1, 0.15) is 29.0 Å². The number of rotatable bonds is 2. The maximum Gasteiger partial charge on any atom is 0.125 e. The number of ether oxygens (including phenoxy) is 1. The number of nitriles is 1. The molecule has 0 bridgehead atoms. The summed E-state index contributed by atoms with van der Waals surface area (Å²) in [6, 6.07) is 6.59. The number of hydrogen-bond acceptors (Lipinski definition) is 2. The fourth-order valence-corrected chi connectivity index (χ4v) is 2.22. The second-order valence-corrected chi connectivity index (χ2v) is 4.28. The lowest BCUT2D eigenvalue weighted by molar-refractivity contribution is 0.406. The second-order valence-electron chi connectivity index (χ2n) is 4.28. The molecule has 0 radical (unpaired) electrons. The Morgan fingerprint density at radius 2 is 2.13 bits per heavy atom. The molecule has 2 unspecified atom stereocenters. The van der Waals surface area contributed by atoms with Crippen LogP contribution < -0.4 is 4.74 Å². The highest BCUT2D eigenvalue weighted by molar-refractivity contribution is 5.48. The maximum atomic E-state index is 8.85. The average molecular weight is 201 g/mol. The molecule has 1 saturated carbocycles. The normalized spacial score (nSPS) is 23.3. The molecular formula is C13H15NO. The molecule has 0 aromatic heterocycles. The monoisotopic (exact) mass is 201 g/mol. The van der Waals surface area contributed by atoms with Gasteiger partial charge in [-0.05, 0) is 31.4 Å². The van der Waals surface area contributed by atoms with Crippen molar-refractivity contribution in [2.24, 2.45) is 5.92 Å². The first kappa shape index (κ1) is 10.0. The van der Waals surface area contributed by atoms with Gasteiger partial charge in [0, 0.05) is 5.92 Å². The van der Waals surface area contributed by atoms with Crippen LogP contribution in [0.5, 0.6) is 5.75 Å². The Morgan fingerprint density at radius 1 is 1.40 bits per heavy atom. The summed E-state index contributed by atoms with van der Waals surface area (Å²) in [4.78, 5) is 0. The Labute approximate surface area is 90.5 Å². The van der Waals surface area contributed by atoms with Crippen molar-refractivity contribution in [3.63, 3.8) is 0 Å². The zero-order valence-electron chi connectivity index (χ0n) is 9.37. The van der Waals surface area contributed by atoms with Crippen LogP contribution in [0.15, 0.2) is 12.1 Å². The third-order valence-electron chi connectivity index (χ3n) is 3.01. The molecule has 0 amide bonds. The molecule has 78 valence electrons. The highest BCUT2D eigenvalue weighted by Crippen LogP contribution is 2.50.